The fourth-order valence-corrected chi connectivity index (χ4v) is 5.09. The number of carbonyl (C=O) groups is 1. The van der Waals surface area contributed by atoms with Crippen LogP contribution in [0.5, 0.6) is 11.5 Å². The van der Waals surface area contributed by atoms with Gasteiger partial charge in [-0.25, -0.2) is 13.1 Å². The molecule has 0 aliphatic heterocycles. The van der Waals surface area contributed by atoms with Crippen LogP contribution in [0.1, 0.15) is 5.56 Å². The Morgan fingerprint density at radius 2 is 1.69 bits per heavy atom. The number of ether oxygens (including phenoxy) is 1. The Morgan fingerprint density at radius 1 is 0.944 bits per heavy atom. The van der Waals surface area contributed by atoms with Gasteiger partial charge in [-0.1, -0.05) is 48.0 Å². The summed E-state index contributed by atoms with van der Waals surface area (Å²) >= 11 is 5.82. The molecule has 4 aromatic carbocycles. The van der Waals surface area contributed by atoms with Gasteiger partial charge in [0.15, 0.2) is 0 Å². The predicted octanol–water partition coefficient (Wildman–Crippen LogP) is 6.30. The molecular formula is C28H21ClN2O4S. The maximum atomic E-state index is 12.5. The van der Waals surface area contributed by atoms with Crippen molar-refractivity contribution in [1.29, 1.82) is 0 Å². The van der Waals surface area contributed by atoms with E-state index in [4.69, 9.17) is 16.3 Å². The van der Waals surface area contributed by atoms with Crippen LogP contribution in [0.25, 0.3) is 27.8 Å². The minimum Gasteiger partial charge on any atom is -0.457 e. The Hall–Kier alpha value is -4.07. The van der Waals surface area contributed by atoms with Gasteiger partial charge in [0.05, 0.1) is 10.4 Å². The molecule has 1 heterocycles. The number of amides is 1. The van der Waals surface area contributed by atoms with Crippen molar-refractivity contribution in [1.82, 2.24) is 9.29 Å². The average molecular weight is 517 g/mol. The summed E-state index contributed by atoms with van der Waals surface area (Å²) in [6, 6.07) is 25.2. The minimum absolute atomic E-state index is 0.0510. The SMILES string of the molecule is Cn1cc(/C=C/C(=O)NS(=O)(=O)c2ccc(Cl)cc2)c2c(Oc3ccc4ccccc4c3)cccc21. The molecule has 36 heavy (non-hydrogen) atoms. The third-order valence-electron chi connectivity index (χ3n) is 5.73. The summed E-state index contributed by atoms with van der Waals surface area (Å²) in [6.07, 6.45) is 4.62. The molecule has 0 bridgehead atoms. The number of halogens is 1. The lowest BCUT2D eigenvalue weighted by atomic mass is 10.1. The van der Waals surface area contributed by atoms with E-state index in [1.165, 1.54) is 30.3 Å². The van der Waals surface area contributed by atoms with Gasteiger partial charge in [-0.2, -0.15) is 0 Å². The van der Waals surface area contributed by atoms with Gasteiger partial charge in [0.25, 0.3) is 15.9 Å². The van der Waals surface area contributed by atoms with Crippen LogP contribution in [0, 0.1) is 0 Å². The van der Waals surface area contributed by atoms with Crippen LogP contribution >= 0.6 is 11.6 Å². The summed E-state index contributed by atoms with van der Waals surface area (Å²) in [5.74, 6) is 0.541. The molecule has 0 aliphatic rings. The second kappa shape index (κ2) is 9.53. The molecule has 0 saturated heterocycles. The lowest BCUT2D eigenvalue weighted by Gasteiger charge is -2.09. The molecule has 0 unspecified atom stereocenters. The Bertz CT molecular complexity index is 1740. The minimum atomic E-state index is -4.02. The number of rotatable bonds is 6. The number of sulfonamides is 1. The number of nitrogens with one attached hydrogen (secondary N) is 1. The Morgan fingerprint density at radius 3 is 2.47 bits per heavy atom. The Kier molecular flexibility index (Phi) is 6.26. The van der Waals surface area contributed by atoms with Crippen molar-refractivity contribution in [2.45, 2.75) is 4.90 Å². The monoisotopic (exact) mass is 516 g/mol. The number of carbonyl (C=O) groups excluding carboxylic acids is 1. The molecule has 0 aliphatic carbocycles. The summed E-state index contributed by atoms with van der Waals surface area (Å²) in [6.45, 7) is 0. The highest BCUT2D eigenvalue weighted by Crippen LogP contribution is 2.35. The second-order valence-electron chi connectivity index (χ2n) is 8.21. The van der Waals surface area contributed by atoms with Crippen molar-refractivity contribution in [3.63, 3.8) is 0 Å². The number of hydrogen-bond acceptors (Lipinski definition) is 4. The molecule has 0 fully saturated rings. The molecule has 5 rings (SSSR count). The lowest BCUT2D eigenvalue weighted by Crippen LogP contribution is -2.28. The van der Waals surface area contributed by atoms with Gasteiger partial charge in [-0.05, 0) is 65.4 Å². The molecule has 1 aromatic heterocycles. The third-order valence-corrected chi connectivity index (χ3v) is 7.34. The number of aryl methyl sites for hydroxylation is 1. The van der Waals surface area contributed by atoms with Crippen LogP contribution in [0.2, 0.25) is 5.02 Å². The van der Waals surface area contributed by atoms with Gasteiger partial charge in [-0.15, -0.1) is 0 Å². The zero-order valence-corrected chi connectivity index (χ0v) is 20.8. The average Bonchev–Trinajstić information content (AvgIpc) is 3.19. The van der Waals surface area contributed by atoms with E-state index in [2.05, 4.69) is 4.72 Å². The first-order valence-corrected chi connectivity index (χ1v) is 12.9. The van der Waals surface area contributed by atoms with Crippen molar-refractivity contribution >= 4 is 55.3 Å². The summed E-state index contributed by atoms with van der Waals surface area (Å²) in [7, 11) is -2.13. The van der Waals surface area contributed by atoms with Crippen molar-refractivity contribution in [3.8, 4) is 11.5 Å². The highest BCUT2D eigenvalue weighted by atomic mass is 35.5. The standard InChI is InChI=1S/C28H21ClN2O4S/c1-31-18-21(10-16-27(32)30-36(33,34)24-14-11-22(29)12-15-24)28-25(31)7-4-8-26(28)35-23-13-9-19-5-2-3-6-20(19)17-23/h2-18H,1H3,(H,30,32)/b16-10+. The number of nitrogens with zero attached hydrogens (tertiary/aromatic N) is 1. The smallest absolute Gasteiger partial charge is 0.264 e. The third kappa shape index (κ3) is 4.84. The summed E-state index contributed by atoms with van der Waals surface area (Å²) < 4.78 is 35.2. The van der Waals surface area contributed by atoms with Gasteiger partial charge in [0.1, 0.15) is 11.5 Å². The number of hydrogen-bond donors (Lipinski definition) is 1. The molecule has 0 atom stereocenters. The molecule has 1 amide bonds. The van der Waals surface area contributed by atoms with E-state index < -0.39 is 15.9 Å². The van der Waals surface area contributed by atoms with E-state index in [0.717, 1.165) is 21.7 Å². The van der Waals surface area contributed by atoms with Gasteiger partial charge >= 0.3 is 0 Å². The largest absolute Gasteiger partial charge is 0.457 e. The van der Waals surface area contributed by atoms with E-state index in [0.29, 0.717) is 22.1 Å². The molecule has 8 heteroatoms. The van der Waals surface area contributed by atoms with E-state index in [9.17, 15) is 13.2 Å². The van der Waals surface area contributed by atoms with E-state index >= 15 is 0 Å². The lowest BCUT2D eigenvalue weighted by molar-refractivity contribution is -0.114. The Balaban J connectivity index is 1.43. The van der Waals surface area contributed by atoms with E-state index in [1.807, 2.05) is 78.5 Å². The van der Waals surface area contributed by atoms with Crippen molar-refractivity contribution in [3.05, 3.63) is 108 Å². The first kappa shape index (κ1) is 23.7. The quantitative estimate of drug-likeness (QED) is 0.269. The summed E-state index contributed by atoms with van der Waals surface area (Å²) in [5.41, 5.74) is 1.62. The molecule has 0 radical (unpaired) electrons. The highest BCUT2D eigenvalue weighted by molar-refractivity contribution is 7.90. The van der Waals surface area contributed by atoms with Gasteiger partial charge < -0.3 is 9.30 Å². The molecule has 6 nitrogen and oxygen atoms in total. The van der Waals surface area contributed by atoms with Crippen LogP contribution in [0.4, 0.5) is 0 Å². The first-order chi connectivity index (χ1) is 17.3. The van der Waals surface area contributed by atoms with Crippen LogP contribution in [0.15, 0.2) is 102 Å². The maximum Gasteiger partial charge on any atom is 0.264 e. The van der Waals surface area contributed by atoms with Crippen LogP contribution in [-0.4, -0.2) is 18.9 Å². The molecule has 0 saturated carbocycles. The van der Waals surface area contributed by atoms with Crippen LogP contribution in [0.3, 0.4) is 0 Å². The van der Waals surface area contributed by atoms with Gasteiger partial charge in [0.2, 0.25) is 0 Å². The van der Waals surface area contributed by atoms with Crippen molar-refractivity contribution < 1.29 is 17.9 Å². The zero-order chi connectivity index (χ0) is 25.3. The van der Waals surface area contributed by atoms with Crippen molar-refractivity contribution in [2.24, 2.45) is 7.05 Å². The fraction of sp³-hybridized carbons (Fsp3) is 0.0357. The van der Waals surface area contributed by atoms with Crippen LogP contribution in [-0.2, 0) is 21.9 Å². The van der Waals surface area contributed by atoms with E-state index in [-0.39, 0.29) is 4.90 Å². The fourth-order valence-electron chi connectivity index (χ4n) is 4.02. The Labute approximate surface area is 213 Å². The number of benzene rings is 4. The summed E-state index contributed by atoms with van der Waals surface area (Å²) in [4.78, 5) is 12.4. The highest BCUT2D eigenvalue weighted by Gasteiger charge is 2.17. The van der Waals surface area contributed by atoms with Crippen LogP contribution < -0.4 is 9.46 Å². The molecule has 1 N–H and O–H groups in total. The first-order valence-electron chi connectivity index (χ1n) is 11.1. The predicted molar refractivity (Wildman–Crippen MR) is 143 cm³/mol. The number of aromatic nitrogens is 1. The molecule has 5 aromatic rings. The van der Waals surface area contributed by atoms with Crippen molar-refractivity contribution in [2.75, 3.05) is 0 Å². The molecular weight excluding hydrogens is 496 g/mol. The summed E-state index contributed by atoms with van der Waals surface area (Å²) in [5, 5.41) is 3.38. The molecule has 0 spiro atoms. The van der Waals surface area contributed by atoms with Gasteiger partial charge in [-0.3, -0.25) is 4.79 Å². The molecule has 180 valence electrons. The second-order valence-corrected chi connectivity index (χ2v) is 10.3. The van der Waals surface area contributed by atoms with Gasteiger partial charge in [0, 0.05) is 35.3 Å². The number of fused-ring (bicyclic) bond motifs is 2. The zero-order valence-electron chi connectivity index (χ0n) is 19.2. The maximum absolute atomic E-state index is 12.5. The topological polar surface area (TPSA) is 77.4 Å². The normalized spacial score (nSPS) is 11.8. The van der Waals surface area contributed by atoms with E-state index in [1.54, 1.807) is 6.08 Å².